The van der Waals surface area contributed by atoms with Crippen molar-refractivity contribution in [2.24, 2.45) is 0 Å². The summed E-state index contributed by atoms with van der Waals surface area (Å²) >= 11 is 5.34. The lowest BCUT2D eigenvalue weighted by atomic mass is 10.1. The fourth-order valence-corrected chi connectivity index (χ4v) is 4.60. The molecular weight excluding hydrogens is 304 g/mol. The first-order chi connectivity index (χ1) is 9.96. The van der Waals surface area contributed by atoms with Crippen molar-refractivity contribution in [3.8, 4) is 11.3 Å². The van der Waals surface area contributed by atoms with E-state index in [1.807, 2.05) is 37.3 Å². The lowest BCUT2D eigenvalue weighted by Crippen LogP contribution is -2.09. The average molecular weight is 320 g/mol. The number of rotatable bonds is 2. The summed E-state index contributed by atoms with van der Waals surface area (Å²) in [7, 11) is -2.94. The standard InChI is InChI=1S/C15H16N2O2S2/c1-10-13(11-5-3-2-4-6-11)16-14(17-15(10)20)12-7-8-21(18,19)9-12/h2-6,12H,7-9H2,1H3,(H,16,17,20). The molecule has 0 bridgehead atoms. The van der Waals surface area contributed by atoms with Crippen molar-refractivity contribution in [3.05, 3.63) is 46.4 Å². The molecule has 0 aliphatic carbocycles. The van der Waals surface area contributed by atoms with Crippen molar-refractivity contribution >= 4 is 22.1 Å². The smallest absolute Gasteiger partial charge is 0.151 e. The molecule has 1 aliphatic heterocycles. The summed E-state index contributed by atoms with van der Waals surface area (Å²) in [4.78, 5) is 7.71. The number of sulfone groups is 1. The molecule has 21 heavy (non-hydrogen) atoms. The van der Waals surface area contributed by atoms with E-state index in [1.54, 1.807) is 0 Å². The summed E-state index contributed by atoms with van der Waals surface area (Å²) in [6.45, 7) is 1.93. The largest absolute Gasteiger partial charge is 0.343 e. The zero-order valence-electron chi connectivity index (χ0n) is 11.7. The molecule has 2 heterocycles. The monoisotopic (exact) mass is 320 g/mol. The highest BCUT2D eigenvalue weighted by Crippen LogP contribution is 2.29. The molecule has 1 aliphatic rings. The van der Waals surface area contributed by atoms with E-state index in [0.717, 1.165) is 16.8 Å². The van der Waals surface area contributed by atoms with Gasteiger partial charge in [0.15, 0.2) is 9.84 Å². The van der Waals surface area contributed by atoms with Crippen LogP contribution in [0, 0.1) is 11.6 Å². The molecule has 1 fully saturated rings. The zero-order valence-corrected chi connectivity index (χ0v) is 13.3. The Kier molecular flexibility index (Phi) is 3.67. The number of aromatic nitrogens is 2. The van der Waals surface area contributed by atoms with Crippen LogP contribution in [0.3, 0.4) is 0 Å². The number of hydrogen-bond donors (Lipinski definition) is 1. The van der Waals surface area contributed by atoms with Gasteiger partial charge >= 0.3 is 0 Å². The Morgan fingerprint density at radius 3 is 2.62 bits per heavy atom. The van der Waals surface area contributed by atoms with Crippen LogP contribution in [0.2, 0.25) is 0 Å². The van der Waals surface area contributed by atoms with E-state index in [4.69, 9.17) is 12.2 Å². The van der Waals surface area contributed by atoms with Gasteiger partial charge in [0.05, 0.1) is 17.2 Å². The quantitative estimate of drug-likeness (QED) is 0.864. The Bertz CT molecular complexity index is 826. The van der Waals surface area contributed by atoms with Gasteiger partial charge in [-0.2, -0.15) is 0 Å². The second-order valence-corrected chi connectivity index (χ2v) is 8.01. The molecule has 0 radical (unpaired) electrons. The fraction of sp³-hybridized carbons (Fsp3) is 0.333. The van der Waals surface area contributed by atoms with Crippen LogP contribution in [0.4, 0.5) is 0 Å². The molecule has 0 spiro atoms. The molecule has 1 saturated heterocycles. The Hall–Kier alpha value is -1.53. The summed E-state index contributed by atoms with van der Waals surface area (Å²) in [5.74, 6) is 0.988. The molecular formula is C15H16N2O2S2. The van der Waals surface area contributed by atoms with Gasteiger partial charge in [-0.1, -0.05) is 42.5 Å². The van der Waals surface area contributed by atoms with Crippen molar-refractivity contribution in [2.45, 2.75) is 19.3 Å². The molecule has 1 atom stereocenters. The Labute approximate surface area is 129 Å². The molecule has 6 heteroatoms. The molecule has 1 unspecified atom stereocenters. The van der Waals surface area contributed by atoms with Gasteiger partial charge in [-0.3, -0.25) is 0 Å². The Morgan fingerprint density at radius 1 is 1.29 bits per heavy atom. The molecule has 1 N–H and O–H groups in total. The van der Waals surface area contributed by atoms with Gasteiger partial charge in [0.2, 0.25) is 0 Å². The molecule has 110 valence electrons. The van der Waals surface area contributed by atoms with Crippen LogP contribution >= 0.6 is 12.2 Å². The van der Waals surface area contributed by atoms with Crippen LogP contribution in [-0.4, -0.2) is 29.9 Å². The van der Waals surface area contributed by atoms with Crippen LogP contribution in [0.5, 0.6) is 0 Å². The van der Waals surface area contributed by atoms with Crippen LogP contribution in [0.15, 0.2) is 30.3 Å². The molecule has 1 aromatic heterocycles. The third-order valence-corrected chi connectivity index (χ3v) is 6.02. The topological polar surface area (TPSA) is 62.8 Å². The number of H-pyrrole nitrogens is 1. The molecule has 0 saturated carbocycles. The van der Waals surface area contributed by atoms with Crippen molar-refractivity contribution in [3.63, 3.8) is 0 Å². The molecule has 4 nitrogen and oxygen atoms in total. The van der Waals surface area contributed by atoms with E-state index in [1.165, 1.54) is 0 Å². The van der Waals surface area contributed by atoms with E-state index in [9.17, 15) is 8.42 Å². The van der Waals surface area contributed by atoms with Crippen LogP contribution in [0.1, 0.15) is 23.7 Å². The number of nitrogens with zero attached hydrogens (tertiary/aromatic N) is 1. The lowest BCUT2D eigenvalue weighted by Gasteiger charge is -2.13. The maximum atomic E-state index is 11.7. The minimum Gasteiger partial charge on any atom is -0.343 e. The van der Waals surface area contributed by atoms with Crippen LogP contribution in [-0.2, 0) is 9.84 Å². The predicted molar refractivity (Wildman–Crippen MR) is 85.6 cm³/mol. The van der Waals surface area contributed by atoms with Gasteiger partial charge in [0.1, 0.15) is 10.5 Å². The second-order valence-electron chi connectivity index (χ2n) is 5.39. The Morgan fingerprint density at radius 2 is 2.00 bits per heavy atom. The van der Waals surface area contributed by atoms with Gasteiger partial charge in [-0.25, -0.2) is 13.4 Å². The van der Waals surface area contributed by atoms with E-state index in [2.05, 4.69) is 9.97 Å². The van der Waals surface area contributed by atoms with Gasteiger partial charge < -0.3 is 4.98 Å². The first kappa shape index (κ1) is 14.4. The average Bonchev–Trinajstić information content (AvgIpc) is 2.83. The van der Waals surface area contributed by atoms with Crippen molar-refractivity contribution in [1.29, 1.82) is 0 Å². The molecule has 2 aromatic rings. The first-order valence-electron chi connectivity index (χ1n) is 6.83. The Balaban J connectivity index is 2.09. The second kappa shape index (κ2) is 5.35. The van der Waals surface area contributed by atoms with Gasteiger partial charge in [-0.05, 0) is 18.9 Å². The van der Waals surface area contributed by atoms with Crippen molar-refractivity contribution < 1.29 is 8.42 Å². The maximum absolute atomic E-state index is 11.7. The molecule has 3 rings (SSSR count). The van der Waals surface area contributed by atoms with Crippen LogP contribution in [0.25, 0.3) is 11.3 Å². The predicted octanol–water partition coefficient (Wildman–Crippen LogP) is 3.02. The SMILES string of the molecule is Cc1c(-c2ccccc2)[nH]c(C2CCS(=O)(=O)C2)nc1=S. The number of nitrogens with one attached hydrogen (secondary N) is 1. The third kappa shape index (κ3) is 2.91. The summed E-state index contributed by atoms with van der Waals surface area (Å²) < 4.78 is 23.8. The first-order valence-corrected chi connectivity index (χ1v) is 9.06. The number of aromatic amines is 1. The van der Waals surface area contributed by atoms with Crippen molar-refractivity contribution in [2.75, 3.05) is 11.5 Å². The van der Waals surface area contributed by atoms with E-state index < -0.39 is 9.84 Å². The summed E-state index contributed by atoms with van der Waals surface area (Å²) in [6, 6.07) is 9.89. The summed E-state index contributed by atoms with van der Waals surface area (Å²) in [5.41, 5.74) is 2.88. The fourth-order valence-electron chi connectivity index (χ4n) is 2.65. The normalized spacial score (nSPS) is 20.5. The van der Waals surface area contributed by atoms with Gasteiger partial charge in [0, 0.05) is 11.5 Å². The highest BCUT2D eigenvalue weighted by molar-refractivity contribution is 7.91. The summed E-state index contributed by atoms with van der Waals surface area (Å²) in [5, 5.41) is 0. The number of hydrogen-bond acceptors (Lipinski definition) is 4. The van der Waals surface area contributed by atoms with Gasteiger partial charge in [-0.15, -0.1) is 0 Å². The highest BCUT2D eigenvalue weighted by Gasteiger charge is 2.31. The number of benzene rings is 1. The highest BCUT2D eigenvalue weighted by atomic mass is 32.2. The summed E-state index contributed by atoms with van der Waals surface area (Å²) in [6.07, 6.45) is 0.609. The van der Waals surface area contributed by atoms with E-state index in [0.29, 0.717) is 16.9 Å². The maximum Gasteiger partial charge on any atom is 0.151 e. The minimum absolute atomic E-state index is 0.0836. The van der Waals surface area contributed by atoms with E-state index >= 15 is 0 Å². The molecule has 1 aromatic carbocycles. The minimum atomic E-state index is -2.94. The van der Waals surface area contributed by atoms with Gasteiger partial charge in [0.25, 0.3) is 0 Å². The van der Waals surface area contributed by atoms with E-state index in [-0.39, 0.29) is 17.4 Å². The lowest BCUT2D eigenvalue weighted by molar-refractivity contribution is 0.601. The van der Waals surface area contributed by atoms with Crippen molar-refractivity contribution in [1.82, 2.24) is 9.97 Å². The van der Waals surface area contributed by atoms with Crippen LogP contribution < -0.4 is 0 Å². The molecule has 0 amide bonds. The third-order valence-electron chi connectivity index (χ3n) is 3.85. The zero-order chi connectivity index (χ0) is 15.0.